The molecule has 76 valence electrons. The van der Waals surface area contributed by atoms with Gasteiger partial charge in [-0.05, 0) is 18.2 Å². The first kappa shape index (κ1) is 9.86. The van der Waals surface area contributed by atoms with Gasteiger partial charge in [0.05, 0.1) is 5.69 Å². The number of halogens is 1. The van der Waals surface area contributed by atoms with Gasteiger partial charge in [-0.25, -0.2) is 0 Å². The lowest BCUT2D eigenvalue weighted by Crippen LogP contribution is -1.99. The second-order valence-electron chi connectivity index (χ2n) is 2.80. The number of pyridine rings is 1. The molecule has 0 saturated heterocycles. The predicted molar refractivity (Wildman–Crippen MR) is 55.6 cm³/mol. The molecule has 0 N–H and O–H groups in total. The summed E-state index contributed by atoms with van der Waals surface area (Å²) in [7, 11) is 0. The van der Waals surface area contributed by atoms with Crippen LogP contribution in [-0.2, 0) is 6.61 Å². The molecule has 2 rings (SSSR count). The lowest BCUT2D eigenvalue weighted by atomic mass is 10.4. The first-order valence-electron chi connectivity index (χ1n) is 4.36. The highest BCUT2D eigenvalue weighted by atomic mass is 35.5. The normalized spacial score (nSPS) is 9.93. The number of hydrogen-bond acceptors (Lipinski definition) is 4. The highest BCUT2D eigenvalue weighted by molar-refractivity contribution is 6.29. The second kappa shape index (κ2) is 4.70. The van der Waals surface area contributed by atoms with Crippen molar-refractivity contribution in [3.63, 3.8) is 0 Å². The Balaban J connectivity index is 1.96. The zero-order valence-electron chi connectivity index (χ0n) is 7.80. The maximum absolute atomic E-state index is 5.59. The molecule has 0 atom stereocenters. The van der Waals surface area contributed by atoms with Crippen LogP contribution in [0, 0.1) is 0 Å². The fourth-order valence-corrected chi connectivity index (χ4v) is 1.11. The molecule has 2 heterocycles. The molecule has 0 aliphatic rings. The van der Waals surface area contributed by atoms with E-state index in [1.54, 1.807) is 18.3 Å². The van der Waals surface area contributed by atoms with Crippen LogP contribution in [-0.4, -0.2) is 15.2 Å². The lowest BCUT2D eigenvalue weighted by molar-refractivity contribution is 0.286. The number of nitrogens with zero attached hydrogens (tertiary/aromatic N) is 3. The van der Waals surface area contributed by atoms with E-state index in [1.165, 1.54) is 0 Å². The van der Waals surface area contributed by atoms with E-state index >= 15 is 0 Å². The minimum Gasteiger partial charge on any atom is -0.470 e. The van der Waals surface area contributed by atoms with Crippen molar-refractivity contribution in [3.8, 4) is 5.88 Å². The zero-order valence-corrected chi connectivity index (χ0v) is 8.55. The van der Waals surface area contributed by atoms with Gasteiger partial charge in [0.2, 0.25) is 5.88 Å². The molecule has 0 aromatic carbocycles. The Morgan fingerprint density at radius 3 is 2.73 bits per heavy atom. The zero-order chi connectivity index (χ0) is 10.5. The topological polar surface area (TPSA) is 47.9 Å². The second-order valence-corrected chi connectivity index (χ2v) is 3.19. The van der Waals surface area contributed by atoms with Crippen LogP contribution in [0.1, 0.15) is 5.69 Å². The van der Waals surface area contributed by atoms with E-state index < -0.39 is 0 Å². The van der Waals surface area contributed by atoms with Crippen molar-refractivity contribution in [2.45, 2.75) is 6.61 Å². The van der Waals surface area contributed by atoms with Gasteiger partial charge in [-0.2, -0.15) is 0 Å². The molecule has 4 nitrogen and oxygen atoms in total. The van der Waals surface area contributed by atoms with Gasteiger partial charge in [-0.3, -0.25) is 4.98 Å². The maximum atomic E-state index is 5.59. The summed E-state index contributed by atoms with van der Waals surface area (Å²) in [5.41, 5.74) is 0.842. The molecule has 0 fully saturated rings. The summed E-state index contributed by atoms with van der Waals surface area (Å²) < 4.78 is 5.35. The van der Waals surface area contributed by atoms with E-state index in [4.69, 9.17) is 16.3 Å². The Kier molecular flexibility index (Phi) is 3.09. The fraction of sp³-hybridized carbons (Fsp3) is 0.100. The van der Waals surface area contributed by atoms with E-state index in [-0.39, 0.29) is 0 Å². The van der Waals surface area contributed by atoms with Crippen LogP contribution >= 0.6 is 11.6 Å². The minimum atomic E-state index is 0.347. The van der Waals surface area contributed by atoms with Crippen LogP contribution in [0.25, 0.3) is 0 Å². The highest BCUT2D eigenvalue weighted by Gasteiger charge is 1.98. The summed E-state index contributed by atoms with van der Waals surface area (Å²) >= 11 is 5.59. The van der Waals surface area contributed by atoms with Crippen LogP contribution in [0.3, 0.4) is 0 Å². The summed E-state index contributed by atoms with van der Waals surface area (Å²) in [6.07, 6.45) is 1.71. The molecule has 0 bridgehead atoms. The van der Waals surface area contributed by atoms with E-state index in [9.17, 15) is 0 Å². The van der Waals surface area contributed by atoms with Crippen LogP contribution in [0.15, 0.2) is 36.5 Å². The summed E-state index contributed by atoms with van der Waals surface area (Å²) in [5.74, 6) is 0.435. The van der Waals surface area contributed by atoms with E-state index in [1.807, 2.05) is 18.2 Å². The highest BCUT2D eigenvalue weighted by Crippen LogP contribution is 2.09. The molecule has 0 aliphatic carbocycles. The Bertz CT molecular complexity index is 418. The fourth-order valence-electron chi connectivity index (χ4n) is 1.01. The van der Waals surface area contributed by atoms with Crippen molar-refractivity contribution < 1.29 is 4.74 Å². The van der Waals surface area contributed by atoms with Crippen molar-refractivity contribution in [1.82, 2.24) is 15.2 Å². The van der Waals surface area contributed by atoms with Crippen LogP contribution < -0.4 is 4.74 Å². The molecule has 0 amide bonds. The summed E-state index contributed by atoms with van der Waals surface area (Å²) in [6, 6.07) is 8.93. The average Bonchev–Trinajstić information content (AvgIpc) is 2.30. The van der Waals surface area contributed by atoms with E-state index in [0.29, 0.717) is 17.6 Å². The third kappa shape index (κ3) is 2.89. The maximum Gasteiger partial charge on any atom is 0.233 e. The summed E-state index contributed by atoms with van der Waals surface area (Å²) in [6.45, 7) is 0.372. The van der Waals surface area contributed by atoms with Gasteiger partial charge in [0.1, 0.15) is 6.61 Å². The Labute approximate surface area is 91.9 Å². The molecule has 0 unspecified atom stereocenters. The molecule has 0 radical (unpaired) electrons. The molecule has 5 heteroatoms. The van der Waals surface area contributed by atoms with Gasteiger partial charge in [0, 0.05) is 12.3 Å². The van der Waals surface area contributed by atoms with Crippen LogP contribution in [0.4, 0.5) is 0 Å². The predicted octanol–water partition coefficient (Wildman–Crippen LogP) is 2.10. The van der Waals surface area contributed by atoms with Crippen molar-refractivity contribution in [3.05, 3.63) is 47.4 Å². The molecule has 15 heavy (non-hydrogen) atoms. The summed E-state index contributed by atoms with van der Waals surface area (Å²) in [5, 5.41) is 7.77. The van der Waals surface area contributed by atoms with Gasteiger partial charge in [0.25, 0.3) is 0 Å². The standard InChI is InChI=1S/C10H8ClN3O/c11-9-4-5-10(14-13-9)15-7-8-3-1-2-6-12-8/h1-6H,7H2. The largest absolute Gasteiger partial charge is 0.470 e. The number of ether oxygens (including phenoxy) is 1. The molecule has 0 aliphatic heterocycles. The smallest absolute Gasteiger partial charge is 0.233 e. The number of rotatable bonds is 3. The van der Waals surface area contributed by atoms with Crippen LogP contribution in [0.2, 0.25) is 5.15 Å². The number of hydrogen-bond donors (Lipinski definition) is 0. The quantitative estimate of drug-likeness (QED) is 0.797. The first-order chi connectivity index (χ1) is 7.34. The van der Waals surface area contributed by atoms with Crippen molar-refractivity contribution in [2.24, 2.45) is 0 Å². The summed E-state index contributed by atoms with van der Waals surface area (Å²) in [4.78, 5) is 4.11. The van der Waals surface area contributed by atoms with Gasteiger partial charge in [-0.15, -0.1) is 10.2 Å². The van der Waals surface area contributed by atoms with Gasteiger partial charge in [-0.1, -0.05) is 17.7 Å². The van der Waals surface area contributed by atoms with Gasteiger partial charge >= 0.3 is 0 Å². The Morgan fingerprint density at radius 2 is 2.07 bits per heavy atom. The van der Waals surface area contributed by atoms with Crippen molar-refractivity contribution >= 4 is 11.6 Å². The first-order valence-corrected chi connectivity index (χ1v) is 4.74. The van der Waals surface area contributed by atoms with Gasteiger partial charge < -0.3 is 4.74 Å². The Morgan fingerprint density at radius 1 is 1.13 bits per heavy atom. The third-order valence-electron chi connectivity index (χ3n) is 1.70. The monoisotopic (exact) mass is 221 g/mol. The average molecular weight is 222 g/mol. The van der Waals surface area contributed by atoms with Gasteiger partial charge in [0.15, 0.2) is 5.15 Å². The molecule has 2 aromatic heterocycles. The molecular formula is C10H8ClN3O. The van der Waals surface area contributed by atoms with E-state index in [0.717, 1.165) is 5.69 Å². The SMILES string of the molecule is Clc1ccc(OCc2ccccn2)nn1. The van der Waals surface area contributed by atoms with E-state index in [2.05, 4.69) is 15.2 Å². The number of aromatic nitrogens is 3. The van der Waals surface area contributed by atoms with Crippen molar-refractivity contribution in [2.75, 3.05) is 0 Å². The lowest BCUT2D eigenvalue weighted by Gasteiger charge is -2.02. The molecule has 2 aromatic rings. The third-order valence-corrected chi connectivity index (χ3v) is 1.90. The molecule has 0 spiro atoms. The molecular weight excluding hydrogens is 214 g/mol. The Hall–Kier alpha value is -1.68. The minimum absolute atomic E-state index is 0.347. The van der Waals surface area contributed by atoms with Crippen molar-refractivity contribution in [1.29, 1.82) is 0 Å². The van der Waals surface area contributed by atoms with Crippen LogP contribution in [0.5, 0.6) is 5.88 Å². The molecule has 0 saturated carbocycles.